The molecule has 0 amide bonds. The van der Waals surface area contributed by atoms with Crippen LogP contribution in [-0.4, -0.2) is 19.3 Å². The molecular weight excluding hydrogens is 424 g/mol. The number of fused-ring (bicyclic) bond motifs is 1. The molecule has 2 spiro atoms. The van der Waals surface area contributed by atoms with E-state index in [1.165, 1.54) is 63.2 Å². The Labute approximate surface area is 213 Å². The van der Waals surface area contributed by atoms with Gasteiger partial charge in [-0.2, -0.15) is 0 Å². The van der Waals surface area contributed by atoms with Gasteiger partial charge in [-0.1, -0.05) is 68.2 Å². The first kappa shape index (κ1) is 24.5. The Bertz CT molecular complexity index is 1080. The molecule has 0 aromatic rings. The zero-order valence-corrected chi connectivity index (χ0v) is 22.1. The zero-order chi connectivity index (χ0) is 24.8. The molecule has 2 N–H and O–H groups in total. The van der Waals surface area contributed by atoms with Crippen molar-refractivity contribution in [1.29, 1.82) is 5.41 Å². The summed E-state index contributed by atoms with van der Waals surface area (Å²) in [5.74, 6) is 1.22. The largest absolute Gasteiger partial charge is 0.317 e. The summed E-state index contributed by atoms with van der Waals surface area (Å²) in [4.78, 5) is 0. The lowest BCUT2D eigenvalue weighted by molar-refractivity contribution is 0.0469. The fourth-order valence-electron chi connectivity index (χ4n) is 9.10. The van der Waals surface area contributed by atoms with E-state index in [1.807, 2.05) is 13.0 Å². The van der Waals surface area contributed by atoms with Gasteiger partial charge in [0.25, 0.3) is 0 Å². The minimum absolute atomic E-state index is 0.248. The summed E-state index contributed by atoms with van der Waals surface area (Å²) in [6.45, 7) is 12.9. The highest BCUT2D eigenvalue weighted by Crippen LogP contribution is 2.74. The van der Waals surface area contributed by atoms with E-state index in [9.17, 15) is 0 Å². The first-order valence-corrected chi connectivity index (χ1v) is 13.8. The van der Waals surface area contributed by atoms with Crippen molar-refractivity contribution in [2.24, 2.45) is 28.1 Å². The number of hydrogen-bond donors (Lipinski definition) is 2. The molecular formula is C33H44N2. The van der Waals surface area contributed by atoms with Gasteiger partial charge in [-0.05, 0) is 122 Å². The Balaban J connectivity index is 1.51. The monoisotopic (exact) mass is 468 g/mol. The highest BCUT2D eigenvalue weighted by atomic mass is 14.9. The maximum atomic E-state index is 7.75. The van der Waals surface area contributed by atoms with Gasteiger partial charge in [-0.15, -0.1) is 0 Å². The molecule has 186 valence electrons. The number of hydrogen-bond acceptors (Lipinski definition) is 2. The number of rotatable bonds is 7. The quantitative estimate of drug-likeness (QED) is 0.288. The van der Waals surface area contributed by atoms with Gasteiger partial charge in [0, 0.05) is 12.3 Å². The molecule has 3 fully saturated rings. The minimum atomic E-state index is 0.248. The topological polar surface area (TPSA) is 35.9 Å². The summed E-state index contributed by atoms with van der Waals surface area (Å²) in [5, 5.41) is 11.4. The van der Waals surface area contributed by atoms with Crippen molar-refractivity contribution in [2.45, 2.75) is 77.7 Å². The van der Waals surface area contributed by atoms with Crippen molar-refractivity contribution in [2.75, 3.05) is 7.05 Å². The molecule has 3 saturated carbocycles. The lowest BCUT2D eigenvalue weighted by Gasteiger charge is -2.55. The Kier molecular flexibility index (Phi) is 6.33. The van der Waals surface area contributed by atoms with Crippen molar-refractivity contribution in [3.8, 4) is 0 Å². The van der Waals surface area contributed by atoms with Crippen molar-refractivity contribution in [1.82, 2.24) is 5.32 Å². The van der Waals surface area contributed by atoms with Crippen LogP contribution in [0.1, 0.15) is 71.6 Å². The molecule has 0 aliphatic heterocycles. The predicted molar refractivity (Wildman–Crippen MR) is 150 cm³/mol. The summed E-state index contributed by atoms with van der Waals surface area (Å²) in [6.07, 6.45) is 29.1. The normalized spacial score (nSPS) is 40.2. The van der Waals surface area contributed by atoms with E-state index < -0.39 is 0 Å². The first-order chi connectivity index (χ1) is 16.8. The Morgan fingerprint density at radius 1 is 1.11 bits per heavy atom. The molecule has 5 aliphatic rings. The molecule has 5 aliphatic carbocycles. The van der Waals surface area contributed by atoms with E-state index in [0.29, 0.717) is 22.8 Å². The SMILES string of the molecule is C=C(/C=C\C)/C=C\C(=C/C(=C)C=N)[C@H]1CC[C@H]2[C@@]34CC[C@]5(C[C@H](NC)CCC5=CC3=CC[C@]12C)C4. The second-order valence-corrected chi connectivity index (χ2v) is 12.3. The van der Waals surface area contributed by atoms with Gasteiger partial charge in [0.15, 0.2) is 0 Å². The van der Waals surface area contributed by atoms with E-state index in [-0.39, 0.29) is 5.41 Å². The lowest BCUT2D eigenvalue weighted by atomic mass is 9.49. The van der Waals surface area contributed by atoms with Crippen molar-refractivity contribution < 1.29 is 0 Å². The third-order valence-corrected chi connectivity index (χ3v) is 10.7. The van der Waals surface area contributed by atoms with E-state index in [2.05, 4.69) is 68.9 Å². The highest BCUT2D eigenvalue weighted by molar-refractivity contribution is 5.79. The van der Waals surface area contributed by atoms with Gasteiger partial charge >= 0.3 is 0 Å². The minimum Gasteiger partial charge on any atom is -0.317 e. The average Bonchev–Trinajstić information content (AvgIpc) is 3.36. The third kappa shape index (κ3) is 3.84. The maximum Gasteiger partial charge on any atom is 0.0244 e. The van der Waals surface area contributed by atoms with Crippen molar-refractivity contribution >= 4 is 6.21 Å². The van der Waals surface area contributed by atoms with Crippen LogP contribution in [0.2, 0.25) is 0 Å². The molecule has 0 radical (unpaired) electrons. The van der Waals surface area contributed by atoms with E-state index in [1.54, 1.807) is 11.1 Å². The molecule has 5 rings (SSSR count). The molecule has 0 unspecified atom stereocenters. The molecule has 0 heterocycles. The van der Waals surface area contributed by atoms with E-state index in [0.717, 1.165) is 23.5 Å². The van der Waals surface area contributed by atoms with Gasteiger partial charge in [0.05, 0.1) is 0 Å². The Morgan fingerprint density at radius 2 is 1.94 bits per heavy atom. The second-order valence-electron chi connectivity index (χ2n) is 12.3. The second kappa shape index (κ2) is 9.04. The molecule has 0 aromatic carbocycles. The fraction of sp³-hybridized carbons (Fsp3) is 0.545. The van der Waals surface area contributed by atoms with Gasteiger partial charge in [-0.3, -0.25) is 0 Å². The number of nitrogens with one attached hydrogen (secondary N) is 2. The van der Waals surface area contributed by atoms with Gasteiger partial charge in [0.1, 0.15) is 0 Å². The standard InChI is InChI=1S/C33H44N2/c1-6-7-23(2)8-9-25(18-24(3)21-34)29-12-13-30-31(29,4)15-14-27-19-26-10-11-28(35-5)20-32(26)16-17-33(27,30)22-32/h6-9,14,18-19,21,28-30,34-35H,2-3,10-13,15-17,20,22H2,1,4-5H3/b7-6-,9-8-,25-18+,34-21?/t28-,29-,30-,31-,32+,33-/m1/s1. The van der Waals surface area contributed by atoms with E-state index in [4.69, 9.17) is 5.41 Å². The van der Waals surface area contributed by atoms with Crippen LogP contribution in [0.5, 0.6) is 0 Å². The van der Waals surface area contributed by atoms with Crippen LogP contribution >= 0.6 is 0 Å². The van der Waals surface area contributed by atoms with Crippen LogP contribution in [0.4, 0.5) is 0 Å². The lowest BCUT2D eigenvalue weighted by Crippen LogP contribution is -2.47. The van der Waals surface area contributed by atoms with Crippen LogP contribution in [0.15, 0.2) is 83.6 Å². The molecule has 6 atom stereocenters. The summed E-state index contributed by atoms with van der Waals surface area (Å²) in [7, 11) is 2.16. The highest BCUT2D eigenvalue weighted by Gasteiger charge is 2.65. The van der Waals surface area contributed by atoms with Crippen molar-refractivity contribution in [3.05, 3.63) is 83.6 Å². The fourth-order valence-corrected chi connectivity index (χ4v) is 9.10. The van der Waals surface area contributed by atoms with E-state index >= 15 is 0 Å². The van der Waals surface area contributed by atoms with Crippen LogP contribution < -0.4 is 5.32 Å². The zero-order valence-electron chi connectivity index (χ0n) is 22.1. The molecule has 0 saturated heterocycles. The third-order valence-electron chi connectivity index (χ3n) is 10.7. The Hall–Kier alpha value is -2.19. The molecule has 35 heavy (non-hydrogen) atoms. The van der Waals surface area contributed by atoms with Crippen molar-refractivity contribution in [3.63, 3.8) is 0 Å². The molecule has 2 heteroatoms. The van der Waals surface area contributed by atoms with Crippen LogP contribution in [0.3, 0.4) is 0 Å². The van der Waals surface area contributed by atoms with Crippen LogP contribution in [0.25, 0.3) is 0 Å². The maximum absolute atomic E-state index is 7.75. The predicted octanol–water partition coefficient (Wildman–Crippen LogP) is 8.04. The average molecular weight is 469 g/mol. The molecule has 2 bridgehead atoms. The summed E-state index contributed by atoms with van der Waals surface area (Å²) in [6, 6.07) is 0.677. The summed E-state index contributed by atoms with van der Waals surface area (Å²) < 4.78 is 0. The summed E-state index contributed by atoms with van der Waals surface area (Å²) in [5.41, 5.74) is 7.64. The smallest absolute Gasteiger partial charge is 0.0244 e. The molecule has 2 nitrogen and oxygen atoms in total. The summed E-state index contributed by atoms with van der Waals surface area (Å²) >= 11 is 0. The van der Waals surface area contributed by atoms with Gasteiger partial charge < -0.3 is 10.7 Å². The molecule has 0 aromatic heterocycles. The van der Waals surface area contributed by atoms with Gasteiger partial charge in [0.2, 0.25) is 0 Å². The first-order valence-electron chi connectivity index (χ1n) is 13.8. The van der Waals surface area contributed by atoms with Gasteiger partial charge in [-0.25, -0.2) is 0 Å². The van der Waals surface area contributed by atoms with Crippen LogP contribution in [0, 0.1) is 33.5 Å². The number of allylic oxidation sites excluding steroid dienone is 12. The van der Waals surface area contributed by atoms with Crippen LogP contribution in [-0.2, 0) is 0 Å². The Morgan fingerprint density at radius 3 is 2.69 bits per heavy atom.